The summed E-state index contributed by atoms with van der Waals surface area (Å²) in [6.45, 7) is 8.96. The molecule has 1 aliphatic carbocycles. The van der Waals surface area contributed by atoms with Gasteiger partial charge in [0.1, 0.15) is 11.6 Å². The summed E-state index contributed by atoms with van der Waals surface area (Å²) in [7, 11) is 2.64. The Labute approximate surface area is 212 Å². The Morgan fingerprint density at radius 2 is 1.89 bits per heavy atom. The molecule has 1 aliphatic rings. The van der Waals surface area contributed by atoms with E-state index in [0.717, 1.165) is 31.9 Å². The van der Waals surface area contributed by atoms with Crippen LogP contribution in [0.3, 0.4) is 0 Å². The molecule has 0 saturated heterocycles. The largest absolute Gasteiger partial charge is 0.400 e. The first-order valence-electron chi connectivity index (χ1n) is 12.4. The van der Waals surface area contributed by atoms with Gasteiger partial charge in [0, 0.05) is 39.0 Å². The molecule has 4 rings (SSSR count). The average Bonchev–Trinajstić information content (AvgIpc) is 2.88. The van der Waals surface area contributed by atoms with E-state index in [1.807, 2.05) is 20.8 Å². The minimum Gasteiger partial charge on any atom is -0.400 e. The molecule has 0 spiro atoms. The zero-order chi connectivity index (χ0) is 26.9. The number of aryl methyl sites for hydroxylation is 1. The summed E-state index contributed by atoms with van der Waals surface area (Å²) in [4.78, 5) is 33.3. The van der Waals surface area contributed by atoms with Crippen LogP contribution in [-0.4, -0.2) is 39.6 Å². The molecular formula is C27H38FN5O3. The second-order valence-electron chi connectivity index (χ2n) is 8.74. The molecular weight excluding hydrogens is 461 g/mol. The highest BCUT2D eigenvalue weighted by Crippen LogP contribution is 2.43. The molecule has 0 unspecified atom stereocenters. The van der Waals surface area contributed by atoms with Gasteiger partial charge < -0.3 is 15.7 Å². The van der Waals surface area contributed by atoms with Crippen molar-refractivity contribution in [1.29, 1.82) is 0 Å². The third kappa shape index (κ3) is 6.26. The summed E-state index contributed by atoms with van der Waals surface area (Å²) in [5, 5.41) is 13.7. The molecule has 0 radical (unpaired) electrons. The normalized spacial score (nSPS) is 13.4. The highest BCUT2D eigenvalue weighted by molar-refractivity contribution is 5.84. The van der Waals surface area contributed by atoms with Crippen LogP contribution in [0.2, 0.25) is 0 Å². The van der Waals surface area contributed by atoms with Crippen LogP contribution in [0.5, 0.6) is 0 Å². The van der Waals surface area contributed by atoms with E-state index in [1.54, 1.807) is 19.3 Å². The van der Waals surface area contributed by atoms with Crippen LogP contribution in [-0.2, 0) is 13.6 Å². The van der Waals surface area contributed by atoms with Crippen molar-refractivity contribution in [2.24, 2.45) is 12.5 Å². The van der Waals surface area contributed by atoms with Crippen LogP contribution in [0.25, 0.3) is 10.9 Å². The Morgan fingerprint density at radius 1 is 1.19 bits per heavy atom. The van der Waals surface area contributed by atoms with Gasteiger partial charge in [-0.2, -0.15) is 0 Å². The number of aliphatic hydroxyl groups is 1. The van der Waals surface area contributed by atoms with E-state index >= 15 is 0 Å². The number of nitrogens with one attached hydrogen (secondary N) is 2. The lowest BCUT2D eigenvalue weighted by Gasteiger charge is -2.41. The zero-order valence-electron chi connectivity index (χ0n) is 22.1. The van der Waals surface area contributed by atoms with Crippen LogP contribution < -0.4 is 16.2 Å². The van der Waals surface area contributed by atoms with Crippen molar-refractivity contribution in [3.05, 3.63) is 57.3 Å². The van der Waals surface area contributed by atoms with Crippen LogP contribution in [0.1, 0.15) is 67.9 Å². The monoisotopic (exact) mass is 499 g/mol. The predicted octanol–water partition coefficient (Wildman–Crippen LogP) is 4.83. The van der Waals surface area contributed by atoms with Gasteiger partial charge in [-0.05, 0) is 55.4 Å². The van der Waals surface area contributed by atoms with Gasteiger partial charge >= 0.3 is 0 Å². The quantitative estimate of drug-likeness (QED) is 0.381. The summed E-state index contributed by atoms with van der Waals surface area (Å²) >= 11 is 0. The maximum atomic E-state index is 14.3. The second kappa shape index (κ2) is 13.1. The highest BCUT2D eigenvalue weighted by atomic mass is 19.1. The van der Waals surface area contributed by atoms with Crippen molar-refractivity contribution < 1.29 is 14.3 Å². The molecule has 3 aromatic rings. The number of fused-ring (bicyclic) bond motifs is 1. The first-order chi connectivity index (χ1) is 17.4. The topological polar surface area (TPSA) is 109 Å². The van der Waals surface area contributed by atoms with Crippen LogP contribution >= 0.6 is 0 Å². The molecule has 1 fully saturated rings. The van der Waals surface area contributed by atoms with Gasteiger partial charge in [-0.3, -0.25) is 14.2 Å². The molecule has 36 heavy (non-hydrogen) atoms. The van der Waals surface area contributed by atoms with Crippen LogP contribution in [0, 0.1) is 18.2 Å². The van der Waals surface area contributed by atoms with Gasteiger partial charge in [0.25, 0.3) is 5.56 Å². The van der Waals surface area contributed by atoms with Crippen molar-refractivity contribution in [3.8, 4) is 0 Å². The molecule has 0 aliphatic heterocycles. The van der Waals surface area contributed by atoms with Gasteiger partial charge in [0.2, 0.25) is 5.95 Å². The van der Waals surface area contributed by atoms with E-state index in [2.05, 4.69) is 22.5 Å². The van der Waals surface area contributed by atoms with Crippen LogP contribution in [0.4, 0.5) is 16.2 Å². The first kappa shape index (κ1) is 28.9. The van der Waals surface area contributed by atoms with Gasteiger partial charge in [-0.15, -0.1) is 0 Å². The fraction of sp³-hybridized carbons (Fsp3) is 0.481. The maximum absolute atomic E-state index is 14.3. The minimum atomic E-state index is -0.513. The first-order valence-corrected chi connectivity index (χ1v) is 12.4. The maximum Gasteiger partial charge on any atom is 0.262 e. The molecule has 1 aromatic carbocycles. The standard InChI is InChI=1S/C24H28FN5O2.C2H6.CH4O/c1-4-24(6-5-7-24)14-28-23-29-20-16(9-18(25)10-19(20)22(32)30(23)3)12-27-21-17(13-31)8-15(2)11-26-21;2*1-2/h8-11,13H,4-7,12,14H2,1-3H3,(H,26,27)(H,28,29);1-2H3;2H,1H3. The summed E-state index contributed by atoms with van der Waals surface area (Å²) in [6, 6.07) is 4.31. The Morgan fingerprint density at radius 3 is 2.47 bits per heavy atom. The summed E-state index contributed by atoms with van der Waals surface area (Å²) < 4.78 is 15.8. The molecule has 3 N–H and O–H groups in total. The Hall–Kier alpha value is -3.33. The lowest BCUT2D eigenvalue weighted by Crippen LogP contribution is -2.37. The zero-order valence-corrected chi connectivity index (χ0v) is 22.1. The van der Waals surface area contributed by atoms with Gasteiger partial charge in [-0.25, -0.2) is 14.4 Å². The number of halogens is 1. The van der Waals surface area contributed by atoms with E-state index in [1.165, 1.54) is 36.0 Å². The predicted molar refractivity (Wildman–Crippen MR) is 143 cm³/mol. The summed E-state index contributed by atoms with van der Waals surface area (Å²) in [6.07, 6.45) is 7.02. The van der Waals surface area contributed by atoms with Crippen LogP contribution in [0.15, 0.2) is 29.2 Å². The molecule has 0 atom stereocenters. The van der Waals surface area contributed by atoms with Crippen molar-refractivity contribution in [3.63, 3.8) is 0 Å². The molecule has 2 aromatic heterocycles. The SMILES string of the molecule is CC.CCC1(CNc2nc3c(CNc4ncc(C)cc4C=O)cc(F)cc3c(=O)n2C)CCC1.CO. The van der Waals surface area contributed by atoms with Crippen molar-refractivity contribution in [2.45, 2.75) is 59.9 Å². The van der Waals surface area contributed by atoms with Gasteiger partial charge in [-0.1, -0.05) is 27.2 Å². The number of aliphatic hydroxyl groups excluding tert-OH is 1. The number of benzene rings is 1. The Balaban J connectivity index is 0.00000109. The average molecular weight is 500 g/mol. The van der Waals surface area contributed by atoms with E-state index in [0.29, 0.717) is 28.4 Å². The molecule has 8 nitrogen and oxygen atoms in total. The molecule has 0 bridgehead atoms. The number of nitrogens with zero attached hydrogens (tertiary/aromatic N) is 3. The second-order valence-corrected chi connectivity index (χ2v) is 8.74. The molecule has 9 heteroatoms. The fourth-order valence-electron chi connectivity index (χ4n) is 4.31. The van der Waals surface area contributed by atoms with E-state index in [9.17, 15) is 14.0 Å². The number of anilines is 2. The molecule has 196 valence electrons. The molecule has 0 amide bonds. The Bertz CT molecular complexity index is 1230. The fourth-order valence-corrected chi connectivity index (χ4v) is 4.31. The van der Waals surface area contributed by atoms with Gasteiger partial charge in [0.05, 0.1) is 16.5 Å². The smallest absolute Gasteiger partial charge is 0.262 e. The summed E-state index contributed by atoms with van der Waals surface area (Å²) in [5.41, 5.74) is 2.19. The van der Waals surface area contributed by atoms with Crippen molar-refractivity contribution in [2.75, 3.05) is 24.3 Å². The number of hydrogen-bond donors (Lipinski definition) is 3. The molecule has 2 heterocycles. The number of hydrogen-bond acceptors (Lipinski definition) is 7. The van der Waals surface area contributed by atoms with E-state index in [4.69, 9.17) is 10.1 Å². The minimum absolute atomic E-state index is 0.170. The number of carbonyl (C=O) groups excluding carboxylic acids is 1. The lowest BCUT2D eigenvalue weighted by molar-refractivity contribution is 0.112. The van der Waals surface area contributed by atoms with E-state index < -0.39 is 5.82 Å². The lowest BCUT2D eigenvalue weighted by atomic mass is 9.67. The molecule has 1 saturated carbocycles. The summed E-state index contributed by atoms with van der Waals surface area (Å²) in [5.74, 6) is 0.359. The van der Waals surface area contributed by atoms with E-state index in [-0.39, 0.29) is 22.9 Å². The third-order valence-corrected chi connectivity index (χ3v) is 6.64. The number of rotatable bonds is 8. The van der Waals surface area contributed by atoms with Gasteiger partial charge in [0.15, 0.2) is 6.29 Å². The number of carbonyl (C=O) groups is 1. The van der Waals surface area contributed by atoms with Crippen molar-refractivity contribution in [1.82, 2.24) is 14.5 Å². The number of pyridine rings is 1. The third-order valence-electron chi connectivity index (χ3n) is 6.64. The Kier molecular flexibility index (Phi) is 10.5. The van der Waals surface area contributed by atoms with Crippen molar-refractivity contribution >= 4 is 29.0 Å². The highest BCUT2D eigenvalue weighted by Gasteiger charge is 2.35. The number of aldehydes is 1. The number of aromatic nitrogens is 3.